The summed E-state index contributed by atoms with van der Waals surface area (Å²) in [6, 6.07) is 9.63. The van der Waals surface area contributed by atoms with Crippen molar-refractivity contribution in [1.29, 1.82) is 0 Å². The van der Waals surface area contributed by atoms with Crippen molar-refractivity contribution in [3.63, 3.8) is 0 Å². The van der Waals surface area contributed by atoms with Crippen LogP contribution in [0.5, 0.6) is 0 Å². The first kappa shape index (κ1) is 9.73. The van der Waals surface area contributed by atoms with Crippen LogP contribution in [0.25, 0.3) is 11.3 Å². The molecule has 5 heteroatoms. The predicted octanol–water partition coefficient (Wildman–Crippen LogP) is 3.69. The van der Waals surface area contributed by atoms with Gasteiger partial charge in [0.15, 0.2) is 12.3 Å². The third kappa shape index (κ3) is 1.69. The summed E-state index contributed by atoms with van der Waals surface area (Å²) >= 11 is 3.41. The molecule has 1 aromatic carbocycles. The maximum atomic E-state index is 12.3. The number of hydrogen-bond acceptors (Lipinski definition) is 2. The highest BCUT2D eigenvalue weighted by atomic mass is 79.9. The molecule has 72 valence electrons. The van der Waals surface area contributed by atoms with Crippen molar-refractivity contribution >= 4 is 28.3 Å². The second-order valence-electron chi connectivity index (χ2n) is 2.64. The standard InChI is InChI=1S/C9H6BrFN2S/c10-9-8(12-6-13(9)14-11)7-4-2-1-3-5-7/h1-6H. The van der Waals surface area contributed by atoms with Gasteiger partial charge in [-0.2, -0.15) is 0 Å². The SMILES string of the molecule is FSn1cnc(-c2ccccc2)c1Br. The molecule has 0 unspecified atom stereocenters. The van der Waals surface area contributed by atoms with Gasteiger partial charge in [-0.05, 0) is 15.9 Å². The summed E-state index contributed by atoms with van der Waals surface area (Å²) in [4.78, 5) is 4.11. The molecular formula is C9H6BrFN2S. The first-order valence-electron chi connectivity index (χ1n) is 3.90. The highest BCUT2D eigenvalue weighted by Crippen LogP contribution is 2.29. The van der Waals surface area contributed by atoms with E-state index >= 15 is 0 Å². The van der Waals surface area contributed by atoms with E-state index in [-0.39, 0.29) is 12.3 Å². The minimum absolute atomic E-state index is 0.118. The fraction of sp³-hybridized carbons (Fsp3) is 0. The van der Waals surface area contributed by atoms with Crippen LogP contribution in [0.4, 0.5) is 3.89 Å². The summed E-state index contributed by atoms with van der Waals surface area (Å²) in [6.45, 7) is 0. The average Bonchev–Trinajstić information content (AvgIpc) is 2.61. The first-order valence-corrected chi connectivity index (χ1v) is 5.37. The van der Waals surface area contributed by atoms with Crippen LogP contribution in [-0.2, 0) is 0 Å². The Hall–Kier alpha value is -0.810. The maximum Gasteiger partial charge on any atom is 0.171 e. The molecular weight excluding hydrogens is 267 g/mol. The number of rotatable bonds is 2. The van der Waals surface area contributed by atoms with Gasteiger partial charge in [0.2, 0.25) is 0 Å². The van der Waals surface area contributed by atoms with Gasteiger partial charge in [0.25, 0.3) is 0 Å². The Bertz CT molecular complexity index is 430. The molecule has 0 spiro atoms. The van der Waals surface area contributed by atoms with Gasteiger partial charge >= 0.3 is 0 Å². The molecule has 14 heavy (non-hydrogen) atoms. The maximum absolute atomic E-state index is 12.3. The molecule has 1 aromatic heterocycles. The molecule has 0 amide bonds. The molecule has 0 saturated heterocycles. The number of imidazole rings is 1. The molecule has 0 aliphatic heterocycles. The molecule has 0 aliphatic rings. The lowest BCUT2D eigenvalue weighted by atomic mass is 10.2. The largest absolute Gasteiger partial charge is 0.238 e. The van der Waals surface area contributed by atoms with Crippen molar-refractivity contribution in [2.75, 3.05) is 0 Å². The number of hydrogen-bond donors (Lipinski definition) is 0. The molecule has 0 radical (unpaired) electrons. The topological polar surface area (TPSA) is 17.8 Å². The van der Waals surface area contributed by atoms with Crippen LogP contribution in [0.15, 0.2) is 41.3 Å². The third-order valence-electron chi connectivity index (χ3n) is 1.80. The van der Waals surface area contributed by atoms with Crippen LogP contribution < -0.4 is 0 Å². The number of nitrogens with zero attached hydrogens (tertiary/aromatic N) is 2. The van der Waals surface area contributed by atoms with Gasteiger partial charge < -0.3 is 0 Å². The van der Waals surface area contributed by atoms with E-state index in [0.29, 0.717) is 4.60 Å². The fourth-order valence-electron chi connectivity index (χ4n) is 1.16. The van der Waals surface area contributed by atoms with E-state index in [0.717, 1.165) is 11.3 Å². The van der Waals surface area contributed by atoms with E-state index in [1.165, 1.54) is 10.3 Å². The Balaban J connectivity index is 2.48. The monoisotopic (exact) mass is 272 g/mol. The van der Waals surface area contributed by atoms with Gasteiger partial charge in [0.05, 0.1) is 0 Å². The van der Waals surface area contributed by atoms with Crippen molar-refractivity contribution in [1.82, 2.24) is 8.96 Å². The van der Waals surface area contributed by atoms with E-state index in [1.807, 2.05) is 30.3 Å². The van der Waals surface area contributed by atoms with Gasteiger partial charge in [-0.25, -0.2) is 8.96 Å². The second-order valence-corrected chi connectivity index (χ2v) is 3.93. The van der Waals surface area contributed by atoms with Crippen molar-refractivity contribution in [3.05, 3.63) is 41.3 Å². The van der Waals surface area contributed by atoms with Crippen molar-refractivity contribution in [2.45, 2.75) is 0 Å². The Kier molecular flexibility index (Phi) is 2.88. The summed E-state index contributed by atoms with van der Waals surface area (Å²) in [5.41, 5.74) is 1.71. The van der Waals surface area contributed by atoms with Crippen LogP contribution >= 0.6 is 28.3 Å². The molecule has 0 fully saturated rings. The predicted molar refractivity (Wildman–Crippen MR) is 59.5 cm³/mol. The van der Waals surface area contributed by atoms with Gasteiger partial charge in [-0.1, -0.05) is 30.3 Å². The molecule has 0 saturated carbocycles. The quantitative estimate of drug-likeness (QED) is 0.830. The normalized spacial score (nSPS) is 10.4. The third-order valence-corrected chi connectivity index (χ3v) is 3.22. The van der Waals surface area contributed by atoms with Gasteiger partial charge in [-0.15, -0.1) is 3.89 Å². The number of aromatic nitrogens is 2. The van der Waals surface area contributed by atoms with Crippen molar-refractivity contribution in [3.8, 4) is 11.3 Å². The summed E-state index contributed by atoms with van der Waals surface area (Å²) in [7, 11) is 0. The Morgan fingerprint density at radius 3 is 2.57 bits per heavy atom. The van der Waals surface area contributed by atoms with Crippen LogP contribution in [0.1, 0.15) is 0 Å². The molecule has 1 heterocycles. The smallest absolute Gasteiger partial charge is 0.171 e. The molecule has 0 aliphatic carbocycles. The molecule has 0 N–H and O–H groups in total. The van der Waals surface area contributed by atoms with E-state index in [9.17, 15) is 3.89 Å². The van der Waals surface area contributed by atoms with E-state index in [4.69, 9.17) is 0 Å². The van der Waals surface area contributed by atoms with E-state index in [1.54, 1.807) is 0 Å². The van der Waals surface area contributed by atoms with Crippen molar-refractivity contribution in [2.24, 2.45) is 0 Å². The molecule has 2 rings (SSSR count). The number of halogens is 2. The van der Waals surface area contributed by atoms with Crippen LogP contribution in [0, 0.1) is 0 Å². The Labute approximate surface area is 93.7 Å². The second kappa shape index (κ2) is 4.14. The zero-order chi connectivity index (χ0) is 9.97. The minimum atomic E-state index is 0.118. The zero-order valence-electron chi connectivity index (χ0n) is 7.02. The van der Waals surface area contributed by atoms with Crippen molar-refractivity contribution < 1.29 is 3.89 Å². The molecule has 0 bridgehead atoms. The highest BCUT2D eigenvalue weighted by molar-refractivity contribution is 9.10. The average molecular weight is 273 g/mol. The van der Waals surface area contributed by atoms with Gasteiger partial charge in [0.1, 0.15) is 16.6 Å². The van der Waals surface area contributed by atoms with E-state index in [2.05, 4.69) is 20.9 Å². The van der Waals surface area contributed by atoms with Crippen LogP contribution in [0.3, 0.4) is 0 Å². The summed E-state index contributed by atoms with van der Waals surface area (Å²) in [6.07, 6.45) is 1.44. The molecule has 0 atom stereocenters. The number of benzene rings is 1. The lowest BCUT2D eigenvalue weighted by Gasteiger charge is -1.97. The first-order chi connectivity index (χ1) is 6.83. The Morgan fingerprint density at radius 1 is 1.29 bits per heavy atom. The van der Waals surface area contributed by atoms with Crippen LogP contribution in [-0.4, -0.2) is 8.96 Å². The van der Waals surface area contributed by atoms with E-state index < -0.39 is 0 Å². The Morgan fingerprint density at radius 2 is 2.00 bits per heavy atom. The van der Waals surface area contributed by atoms with Crippen LogP contribution in [0.2, 0.25) is 0 Å². The summed E-state index contributed by atoms with van der Waals surface area (Å²) in [5, 5.41) is 0. The lowest BCUT2D eigenvalue weighted by Crippen LogP contribution is -1.80. The fourth-order valence-corrected chi connectivity index (χ4v) is 1.97. The van der Waals surface area contributed by atoms with Gasteiger partial charge in [-0.3, -0.25) is 0 Å². The highest BCUT2D eigenvalue weighted by Gasteiger charge is 2.09. The zero-order valence-corrected chi connectivity index (χ0v) is 9.43. The summed E-state index contributed by atoms with van der Waals surface area (Å²) < 4.78 is 14.3. The molecule has 2 nitrogen and oxygen atoms in total. The van der Waals surface area contributed by atoms with Gasteiger partial charge in [0, 0.05) is 5.56 Å². The summed E-state index contributed by atoms with van der Waals surface area (Å²) in [5.74, 6) is 0. The molecule has 2 aromatic rings. The lowest BCUT2D eigenvalue weighted by molar-refractivity contribution is 0.912. The minimum Gasteiger partial charge on any atom is -0.238 e.